The van der Waals surface area contributed by atoms with Crippen molar-refractivity contribution < 1.29 is 27.5 Å². The zero-order chi connectivity index (χ0) is 20.2. The van der Waals surface area contributed by atoms with Crippen molar-refractivity contribution in [3.8, 4) is 5.75 Å². The van der Waals surface area contributed by atoms with E-state index in [1.807, 2.05) is 5.43 Å². The molecular formula is C15H11Cl2F3N4O3. The third-order valence-electron chi connectivity index (χ3n) is 2.97. The van der Waals surface area contributed by atoms with Gasteiger partial charge in [0.15, 0.2) is 0 Å². The van der Waals surface area contributed by atoms with Gasteiger partial charge in [0.1, 0.15) is 5.75 Å². The number of carbonyl (C=O) groups is 2. The molecule has 0 unspecified atom stereocenters. The highest BCUT2D eigenvalue weighted by molar-refractivity contribution is 6.35. The highest BCUT2D eigenvalue weighted by atomic mass is 35.5. The number of hydrogen-bond acceptors (Lipinski definition) is 4. The lowest BCUT2D eigenvalue weighted by atomic mass is 10.1. The van der Waals surface area contributed by atoms with Crippen molar-refractivity contribution >= 4 is 46.5 Å². The number of anilines is 2. The van der Waals surface area contributed by atoms with E-state index in [4.69, 9.17) is 29.0 Å². The predicted octanol–water partition coefficient (Wildman–Crippen LogP) is 4.14. The van der Waals surface area contributed by atoms with E-state index in [-0.39, 0.29) is 27.0 Å². The Morgan fingerprint density at radius 3 is 2.19 bits per heavy atom. The smallest absolute Gasteiger partial charge is 0.406 e. The number of halogens is 5. The van der Waals surface area contributed by atoms with E-state index in [2.05, 4.69) is 15.4 Å². The van der Waals surface area contributed by atoms with Crippen LogP contribution in [0.5, 0.6) is 5.75 Å². The van der Waals surface area contributed by atoms with Gasteiger partial charge in [0.05, 0.1) is 11.3 Å². The van der Waals surface area contributed by atoms with Crippen molar-refractivity contribution in [3.63, 3.8) is 0 Å². The van der Waals surface area contributed by atoms with Gasteiger partial charge in [-0.05, 0) is 30.3 Å². The molecule has 0 aliphatic carbocycles. The van der Waals surface area contributed by atoms with Gasteiger partial charge in [-0.25, -0.2) is 10.6 Å². The van der Waals surface area contributed by atoms with E-state index in [0.29, 0.717) is 0 Å². The predicted molar refractivity (Wildman–Crippen MR) is 93.9 cm³/mol. The summed E-state index contributed by atoms with van der Waals surface area (Å²) in [7, 11) is 0. The summed E-state index contributed by atoms with van der Waals surface area (Å²) in [6.07, 6.45) is -4.95. The summed E-state index contributed by atoms with van der Waals surface area (Å²) in [6, 6.07) is 6.08. The molecule has 0 radical (unpaired) electrons. The van der Waals surface area contributed by atoms with Crippen LogP contribution in [0.3, 0.4) is 0 Å². The van der Waals surface area contributed by atoms with Gasteiger partial charge in [-0.2, -0.15) is 0 Å². The van der Waals surface area contributed by atoms with Gasteiger partial charge in [0, 0.05) is 21.8 Å². The molecule has 0 aliphatic rings. The number of nitrogen functional groups attached to an aromatic ring is 1. The summed E-state index contributed by atoms with van der Waals surface area (Å²) in [4.78, 5) is 23.9. The molecule has 0 aliphatic heterocycles. The molecule has 2 aromatic rings. The van der Waals surface area contributed by atoms with Gasteiger partial charge in [0.25, 0.3) is 5.91 Å². The first-order valence-corrected chi connectivity index (χ1v) is 7.78. The number of hydrogen-bond donors (Lipinski definition) is 4. The molecule has 0 fully saturated rings. The Hall–Kier alpha value is -2.69. The number of alkyl halides is 3. The topological polar surface area (TPSA) is 105 Å². The van der Waals surface area contributed by atoms with Gasteiger partial charge in [-0.1, -0.05) is 23.2 Å². The highest BCUT2D eigenvalue weighted by Gasteiger charge is 2.31. The number of rotatable bonds is 4. The number of nitrogens with two attached hydrogens (primary N) is 1. The minimum Gasteiger partial charge on any atom is -0.406 e. The first kappa shape index (κ1) is 20.6. The van der Waals surface area contributed by atoms with E-state index < -0.39 is 24.1 Å². The summed E-state index contributed by atoms with van der Waals surface area (Å²) < 4.78 is 40.9. The molecule has 27 heavy (non-hydrogen) atoms. The lowest BCUT2D eigenvalue weighted by Crippen LogP contribution is -2.31. The fourth-order valence-corrected chi connectivity index (χ4v) is 2.54. The average Bonchev–Trinajstić information content (AvgIpc) is 2.51. The number of ether oxygens (including phenoxy) is 1. The lowest BCUT2D eigenvalue weighted by Gasteiger charge is -2.14. The van der Waals surface area contributed by atoms with Crippen LogP contribution in [0.2, 0.25) is 10.0 Å². The Balaban J connectivity index is 2.26. The molecule has 2 rings (SSSR count). The van der Waals surface area contributed by atoms with Crippen molar-refractivity contribution in [2.24, 2.45) is 5.84 Å². The Labute approximate surface area is 160 Å². The standard InChI is InChI=1S/C15H11Cl2F3N4O3/c16-7-3-8(17)5-9(4-7)22-14(26)23-12-6-10(27-15(18,19)20)1-2-11(12)13(25)24-21/h1-6H,21H2,(H,24,25)(H2,22,23,26). The number of carbonyl (C=O) groups excluding carboxylic acids is 2. The van der Waals surface area contributed by atoms with Gasteiger partial charge in [-0.15, -0.1) is 13.2 Å². The molecule has 12 heteroatoms. The second-order valence-corrected chi connectivity index (χ2v) is 5.84. The number of nitrogens with one attached hydrogen (secondary N) is 3. The Morgan fingerprint density at radius 2 is 1.63 bits per heavy atom. The van der Waals surface area contributed by atoms with Crippen LogP contribution >= 0.6 is 23.2 Å². The molecule has 0 aromatic heterocycles. The zero-order valence-electron chi connectivity index (χ0n) is 13.2. The molecule has 0 spiro atoms. The van der Waals surface area contributed by atoms with Gasteiger partial charge < -0.3 is 15.4 Å². The molecule has 2 aromatic carbocycles. The van der Waals surface area contributed by atoms with Crippen molar-refractivity contribution in [2.75, 3.05) is 10.6 Å². The third kappa shape index (κ3) is 6.20. The number of benzene rings is 2. The van der Waals surface area contributed by atoms with Gasteiger partial charge in [0.2, 0.25) is 0 Å². The van der Waals surface area contributed by atoms with Crippen molar-refractivity contribution in [3.05, 3.63) is 52.0 Å². The SMILES string of the molecule is NNC(=O)c1ccc(OC(F)(F)F)cc1NC(=O)Nc1cc(Cl)cc(Cl)c1. The van der Waals surface area contributed by atoms with Crippen LogP contribution in [0.25, 0.3) is 0 Å². The summed E-state index contributed by atoms with van der Waals surface area (Å²) in [5, 5.41) is 5.12. The van der Waals surface area contributed by atoms with Crippen LogP contribution in [0.1, 0.15) is 10.4 Å². The third-order valence-corrected chi connectivity index (χ3v) is 3.41. The van der Waals surface area contributed by atoms with E-state index >= 15 is 0 Å². The maximum absolute atomic E-state index is 12.4. The average molecular weight is 423 g/mol. The maximum Gasteiger partial charge on any atom is 0.573 e. The van der Waals surface area contributed by atoms with Crippen LogP contribution in [-0.2, 0) is 0 Å². The quantitative estimate of drug-likeness (QED) is 0.337. The summed E-state index contributed by atoms with van der Waals surface area (Å²) >= 11 is 11.6. The van der Waals surface area contributed by atoms with Crippen molar-refractivity contribution in [1.29, 1.82) is 0 Å². The van der Waals surface area contributed by atoms with Crippen LogP contribution in [0.15, 0.2) is 36.4 Å². The van der Waals surface area contributed by atoms with Crippen LogP contribution in [-0.4, -0.2) is 18.3 Å². The Morgan fingerprint density at radius 1 is 1.00 bits per heavy atom. The van der Waals surface area contributed by atoms with Crippen LogP contribution < -0.4 is 26.6 Å². The first-order chi connectivity index (χ1) is 12.6. The van der Waals surface area contributed by atoms with E-state index in [0.717, 1.165) is 18.2 Å². The molecule has 0 saturated heterocycles. The monoisotopic (exact) mass is 422 g/mol. The minimum atomic E-state index is -4.95. The molecule has 3 amide bonds. The van der Waals surface area contributed by atoms with Crippen molar-refractivity contribution in [2.45, 2.75) is 6.36 Å². The number of amides is 3. The van der Waals surface area contributed by atoms with Gasteiger partial charge >= 0.3 is 12.4 Å². The fraction of sp³-hybridized carbons (Fsp3) is 0.0667. The summed E-state index contributed by atoms with van der Waals surface area (Å²) in [6.45, 7) is 0. The van der Waals surface area contributed by atoms with E-state index in [1.165, 1.54) is 18.2 Å². The minimum absolute atomic E-state index is 0.189. The molecule has 0 bridgehead atoms. The van der Waals surface area contributed by atoms with Crippen molar-refractivity contribution in [1.82, 2.24) is 5.43 Å². The summed E-state index contributed by atoms with van der Waals surface area (Å²) in [5.41, 5.74) is 1.58. The molecule has 0 saturated carbocycles. The normalized spacial score (nSPS) is 10.9. The largest absolute Gasteiger partial charge is 0.573 e. The lowest BCUT2D eigenvalue weighted by molar-refractivity contribution is -0.274. The van der Waals surface area contributed by atoms with Gasteiger partial charge in [-0.3, -0.25) is 10.2 Å². The molecule has 7 nitrogen and oxygen atoms in total. The van der Waals surface area contributed by atoms with E-state index in [1.54, 1.807) is 0 Å². The van der Waals surface area contributed by atoms with Crippen LogP contribution in [0.4, 0.5) is 29.3 Å². The molecule has 0 atom stereocenters. The fourth-order valence-electron chi connectivity index (χ4n) is 2.01. The molecular weight excluding hydrogens is 412 g/mol. The molecule has 5 N–H and O–H groups in total. The molecule has 144 valence electrons. The Kier molecular flexibility index (Phi) is 6.37. The zero-order valence-corrected chi connectivity index (χ0v) is 14.7. The van der Waals surface area contributed by atoms with Crippen LogP contribution in [0, 0.1) is 0 Å². The number of urea groups is 1. The molecule has 0 heterocycles. The second kappa shape index (κ2) is 8.33. The highest BCUT2D eigenvalue weighted by Crippen LogP contribution is 2.28. The maximum atomic E-state index is 12.4. The Bertz CT molecular complexity index is 858. The second-order valence-electron chi connectivity index (χ2n) is 4.97. The summed E-state index contributed by atoms with van der Waals surface area (Å²) in [5.74, 6) is 3.55. The van der Waals surface area contributed by atoms with E-state index in [9.17, 15) is 22.8 Å². The first-order valence-electron chi connectivity index (χ1n) is 7.02. The number of hydrazine groups is 1.